The second kappa shape index (κ2) is 7.71. The Bertz CT molecular complexity index is 306. The molecule has 18 heavy (non-hydrogen) atoms. The number of hydrogen-bond donors (Lipinski definition) is 3. The topological polar surface area (TPSA) is 87.7 Å². The molecule has 1 fully saturated rings. The summed E-state index contributed by atoms with van der Waals surface area (Å²) < 4.78 is 5.11. The number of carbonyl (C=O) groups is 2. The van der Waals surface area contributed by atoms with Gasteiger partial charge in [0.1, 0.15) is 0 Å². The average molecular weight is 256 g/mol. The second-order valence-corrected chi connectivity index (χ2v) is 4.31. The van der Waals surface area contributed by atoms with Crippen LogP contribution in [0.25, 0.3) is 0 Å². The third-order valence-corrected chi connectivity index (χ3v) is 2.88. The van der Waals surface area contributed by atoms with E-state index in [1.165, 1.54) is 0 Å². The van der Waals surface area contributed by atoms with Crippen molar-refractivity contribution in [3.63, 3.8) is 0 Å². The van der Waals surface area contributed by atoms with Crippen LogP contribution in [0.5, 0.6) is 0 Å². The van der Waals surface area contributed by atoms with E-state index in [0.29, 0.717) is 32.6 Å². The lowest BCUT2D eigenvalue weighted by atomic mass is 10.1. The van der Waals surface area contributed by atoms with E-state index in [2.05, 4.69) is 17.2 Å². The molecule has 6 nitrogen and oxygen atoms in total. The van der Waals surface area contributed by atoms with E-state index in [1.54, 1.807) is 6.08 Å². The number of rotatable bonds is 7. The van der Waals surface area contributed by atoms with Crippen molar-refractivity contribution < 1.29 is 19.4 Å². The molecule has 0 spiro atoms. The molecule has 2 amide bonds. The van der Waals surface area contributed by atoms with Gasteiger partial charge in [0.25, 0.3) is 0 Å². The zero-order chi connectivity index (χ0) is 13.4. The fourth-order valence-corrected chi connectivity index (χ4v) is 1.98. The standard InChI is InChI=1S/C12H20N2O4/c1-2-6-18-7-5-13-12(17)14-10-4-3-9(8-10)11(15)16/h2,9-10H,1,3-8H2,(H,15,16)(H2,13,14,17)/t9-,10+/m1/s1. The number of carboxylic acid groups (broad SMARTS) is 1. The Balaban J connectivity index is 2.10. The highest BCUT2D eigenvalue weighted by molar-refractivity contribution is 5.75. The highest BCUT2D eigenvalue weighted by atomic mass is 16.5. The third-order valence-electron chi connectivity index (χ3n) is 2.88. The van der Waals surface area contributed by atoms with Gasteiger partial charge in [-0.15, -0.1) is 6.58 Å². The summed E-state index contributed by atoms with van der Waals surface area (Å²) >= 11 is 0. The van der Waals surface area contributed by atoms with Gasteiger partial charge < -0.3 is 20.5 Å². The van der Waals surface area contributed by atoms with E-state index in [1.807, 2.05) is 0 Å². The summed E-state index contributed by atoms with van der Waals surface area (Å²) in [5.74, 6) is -1.11. The van der Waals surface area contributed by atoms with Crippen molar-refractivity contribution in [1.29, 1.82) is 0 Å². The van der Waals surface area contributed by atoms with Crippen molar-refractivity contribution >= 4 is 12.0 Å². The summed E-state index contributed by atoms with van der Waals surface area (Å²) in [6, 6.07) is -0.312. The van der Waals surface area contributed by atoms with Crippen LogP contribution in [-0.2, 0) is 9.53 Å². The first-order valence-electron chi connectivity index (χ1n) is 6.09. The summed E-state index contributed by atoms with van der Waals surface area (Å²) in [6.07, 6.45) is 3.50. The number of nitrogens with one attached hydrogen (secondary N) is 2. The number of urea groups is 1. The highest BCUT2D eigenvalue weighted by Crippen LogP contribution is 2.25. The monoisotopic (exact) mass is 256 g/mol. The van der Waals surface area contributed by atoms with Gasteiger partial charge in [-0.2, -0.15) is 0 Å². The van der Waals surface area contributed by atoms with Crippen molar-refractivity contribution in [2.45, 2.75) is 25.3 Å². The third kappa shape index (κ3) is 5.18. The molecule has 0 aliphatic heterocycles. The van der Waals surface area contributed by atoms with Crippen LogP contribution in [0.2, 0.25) is 0 Å². The van der Waals surface area contributed by atoms with E-state index in [4.69, 9.17) is 9.84 Å². The summed E-state index contributed by atoms with van der Waals surface area (Å²) in [5.41, 5.74) is 0. The highest BCUT2D eigenvalue weighted by Gasteiger charge is 2.30. The van der Waals surface area contributed by atoms with Crippen LogP contribution in [0.15, 0.2) is 12.7 Å². The van der Waals surface area contributed by atoms with E-state index in [9.17, 15) is 9.59 Å². The van der Waals surface area contributed by atoms with Crippen LogP contribution in [0.4, 0.5) is 4.79 Å². The number of carboxylic acids is 1. The minimum Gasteiger partial charge on any atom is -0.481 e. The quantitative estimate of drug-likeness (QED) is 0.463. The SMILES string of the molecule is C=CCOCCNC(=O)N[C@H]1CC[C@@H](C(=O)O)C1. The maximum Gasteiger partial charge on any atom is 0.315 e. The summed E-state index contributed by atoms with van der Waals surface area (Å²) in [4.78, 5) is 22.2. The molecule has 2 atom stereocenters. The predicted molar refractivity (Wildman–Crippen MR) is 66.3 cm³/mol. The molecule has 0 unspecified atom stereocenters. The first-order valence-corrected chi connectivity index (χ1v) is 6.09. The van der Waals surface area contributed by atoms with Crippen LogP contribution in [-0.4, -0.2) is 42.9 Å². The van der Waals surface area contributed by atoms with E-state index in [-0.39, 0.29) is 18.0 Å². The molecular formula is C12H20N2O4. The largest absolute Gasteiger partial charge is 0.481 e. The van der Waals surface area contributed by atoms with Crippen LogP contribution in [0.3, 0.4) is 0 Å². The molecule has 0 heterocycles. The molecular weight excluding hydrogens is 236 g/mol. The smallest absolute Gasteiger partial charge is 0.315 e. The number of amides is 2. The normalized spacial score (nSPS) is 22.4. The Hall–Kier alpha value is -1.56. The molecule has 1 saturated carbocycles. The number of hydrogen-bond acceptors (Lipinski definition) is 3. The van der Waals surface area contributed by atoms with Gasteiger partial charge in [-0.1, -0.05) is 6.08 Å². The lowest BCUT2D eigenvalue weighted by Gasteiger charge is -2.13. The Labute approximate surface area is 106 Å². The van der Waals surface area contributed by atoms with Crippen molar-refractivity contribution in [2.75, 3.05) is 19.8 Å². The molecule has 1 rings (SSSR count). The molecule has 102 valence electrons. The lowest BCUT2D eigenvalue weighted by molar-refractivity contribution is -0.141. The van der Waals surface area contributed by atoms with Gasteiger partial charge in [0.2, 0.25) is 0 Å². The zero-order valence-electron chi connectivity index (χ0n) is 10.4. The Morgan fingerprint density at radius 1 is 1.44 bits per heavy atom. The van der Waals surface area contributed by atoms with Crippen molar-refractivity contribution in [1.82, 2.24) is 10.6 Å². The number of ether oxygens (including phenoxy) is 1. The Morgan fingerprint density at radius 3 is 2.83 bits per heavy atom. The van der Waals surface area contributed by atoms with Gasteiger partial charge >= 0.3 is 12.0 Å². The summed E-state index contributed by atoms with van der Waals surface area (Å²) in [6.45, 7) is 4.83. The van der Waals surface area contributed by atoms with E-state index < -0.39 is 5.97 Å². The van der Waals surface area contributed by atoms with Crippen molar-refractivity contribution in [3.05, 3.63) is 12.7 Å². The minimum absolute atomic E-state index is 0.0415. The van der Waals surface area contributed by atoms with Crippen LogP contribution >= 0.6 is 0 Å². The maximum absolute atomic E-state index is 11.5. The van der Waals surface area contributed by atoms with Gasteiger partial charge in [-0.3, -0.25) is 4.79 Å². The molecule has 6 heteroatoms. The fourth-order valence-electron chi connectivity index (χ4n) is 1.98. The molecule has 0 radical (unpaired) electrons. The van der Waals surface area contributed by atoms with Gasteiger partial charge in [0, 0.05) is 12.6 Å². The second-order valence-electron chi connectivity index (χ2n) is 4.31. The predicted octanol–water partition coefficient (Wildman–Crippen LogP) is 0.741. The van der Waals surface area contributed by atoms with Crippen molar-refractivity contribution in [2.24, 2.45) is 5.92 Å². The molecule has 0 aromatic rings. The molecule has 0 aromatic heterocycles. The number of carbonyl (C=O) groups excluding carboxylic acids is 1. The summed E-state index contributed by atoms with van der Waals surface area (Å²) in [5, 5.41) is 14.3. The summed E-state index contributed by atoms with van der Waals surface area (Å²) in [7, 11) is 0. The molecule has 0 saturated heterocycles. The molecule has 0 bridgehead atoms. The zero-order valence-corrected chi connectivity index (χ0v) is 10.4. The average Bonchev–Trinajstić information content (AvgIpc) is 2.77. The first-order chi connectivity index (χ1) is 8.63. The van der Waals surface area contributed by atoms with Gasteiger partial charge in [0.15, 0.2) is 0 Å². The fraction of sp³-hybridized carbons (Fsp3) is 0.667. The van der Waals surface area contributed by atoms with E-state index in [0.717, 1.165) is 6.42 Å². The van der Waals surface area contributed by atoms with Gasteiger partial charge in [-0.05, 0) is 19.3 Å². The Kier molecular flexibility index (Phi) is 6.21. The van der Waals surface area contributed by atoms with E-state index >= 15 is 0 Å². The Morgan fingerprint density at radius 2 is 2.22 bits per heavy atom. The van der Waals surface area contributed by atoms with Gasteiger partial charge in [-0.25, -0.2) is 4.79 Å². The molecule has 3 N–H and O–H groups in total. The van der Waals surface area contributed by atoms with Crippen molar-refractivity contribution in [3.8, 4) is 0 Å². The maximum atomic E-state index is 11.5. The first kappa shape index (κ1) is 14.5. The molecule has 1 aliphatic carbocycles. The molecule has 0 aromatic carbocycles. The van der Waals surface area contributed by atoms with Crippen LogP contribution in [0.1, 0.15) is 19.3 Å². The number of aliphatic carboxylic acids is 1. The van der Waals surface area contributed by atoms with Gasteiger partial charge in [0.05, 0.1) is 19.1 Å². The van der Waals surface area contributed by atoms with Crippen LogP contribution < -0.4 is 10.6 Å². The molecule has 1 aliphatic rings. The lowest BCUT2D eigenvalue weighted by Crippen LogP contribution is -2.42. The minimum atomic E-state index is -0.780. The van der Waals surface area contributed by atoms with Crippen LogP contribution in [0, 0.1) is 5.92 Å².